The minimum Gasteiger partial charge on any atom is -0.463 e. The molecule has 0 spiro atoms. The quantitative estimate of drug-likeness (QED) is 0.502. The first-order chi connectivity index (χ1) is 11.9. The van der Waals surface area contributed by atoms with Crippen molar-refractivity contribution in [3.05, 3.63) is 51.2 Å². The Kier molecular flexibility index (Phi) is 4.43. The third-order valence-electron chi connectivity index (χ3n) is 4.35. The van der Waals surface area contributed by atoms with Crippen molar-refractivity contribution in [3.8, 4) is 0 Å². The number of rotatable bonds is 5. The van der Waals surface area contributed by atoms with Gasteiger partial charge in [0.25, 0.3) is 5.69 Å². The number of nitro groups is 1. The Hall–Kier alpha value is -2.90. The van der Waals surface area contributed by atoms with E-state index in [-0.39, 0.29) is 24.4 Å². The van der Waals surface area contributed by atoms with Gasteiger partial charge in [-0.2, -0.15) is 0 Å². The Morgan fingerprint density at radius 3 is 2.76 bits per heavy atom. The molecule has 3 rings (SSSR count). The van der Waals surface area contributed by atoms with E-state index < -0.39 is 16.9 Å². The minimum atomic E-state index is -0.776. The van der Waals surface area contributed by atoms with Crippen molar-refractivity contribution in [2.24, 2.45) is 0 Å². The summed E-state index contributed by atoms with van der Waals surface area (Å²) in [5.41, 5.74) is 1.23. The number of benzene rings is 1. The van der Waals surface area contributed by atoms with Crippen molar-refractivity contribution >= 4 is 17.7 Å². The molecule has 0 radical (unpaired) electrons. The molecule has 8 nitrogen and oxygen atoms in total. The SMILES string of the molecule is CCOC(=O)C1=C(C)N(C2CC2)C(=O)N[C@@H]1c1cccc([N+](=O)[O-])c1. The summed E-state index contributed by atoms with van der Waals surface area (Å²) in [5.74, 6) is -0.526. The molecule has 25 heavy (non-hydrogen) atoms. The van der Waals surface area contributed by atoms with Crippen LogP contribution >= 0.6 is 0 Å². The number of non-ortho nitro benzene ring substituents is 1. The van der Waals surface area contributed by atoms with Crippen molar-refractivity contribution in [2.75, 3.05) is 6.61 Å². The van der Waals surface area contributed by atoms with Crippen LogP contribution < -0.4 is 5.32 Å². The van der Waals surface area contributed by atoms with Gasteiger partial charge in [0.05, 0.1) is 23.1 Å². The highest BCUT2D eigenvalue weighted by atomic mass is 16.6. The number of nitrogens with zero attached hydrogens (tertiary/aromatic N) is 2. The molecule has 1 atom stereocenters. The fourth-order valence-electron chi connectivity index (χ4n) is 3.07. The van der Waals surface area contributed by atoms with E-state index in [2.05, 4.69) is 5.32 Å². The van der Waals surface area contributed by atoms with Crippen molar-refractivity contribution in [1.82, 2.24) is 10.2 Å². The predicted octanol–water partition coefficient (Wildman–Crippen LogP) is 2.66. The van der Waals surface area contributed by atoms with Crippen molar-refractivity contribution in [1.29, 1.82) is 0 Å². The average Bonchev–Trinajstić information content (AvgIpc) is 3.39. The van der Waals surface area contributed by atoms with E-state index in [1.165, 1.54) is 18.2 Å². The lowest BCUT2D eigenvalue weighted by Crippen LogP contribution is -2.48. The number of carbonyl (C=O) groups excluding carboxylic acids is 2. The van der Waals surface area contributed by atoms with Crippen molar-refractivity contribution in [3.63, 3.8) is 0 Å². The smallest absolute Gasteiger partial charge is 0.338 e. The number of ether oxygens (including phenoxy) is 1. The molecule has 2 amide bonds. The maximum absolute atomic E-state index is 12.5. The first kappa shape index (κ1) is 16.9. The Balaban J connectivity index is 2.07. The molecule has 2 aliphatic rings. The molecule has 0 saturated heterocycles. The third kappa shape index (κ3) is 3.19. The second kappa shape index (κ2) is 6.54. The van der Waals surface area contributed by atoms with E-state index in [1.54, 1.807) is 24.8 Å². The summed E-state index contributed by atoms with van der Waals surface area (Å²) in [6, 6.07) is 4.93. The van der Waals surface area contributed by atoms with Gasteiger partial charge >= 0.3 is 12.0 Å². The molecule has 1 aromatic carbocycles. The molecule has 1 fully saturated rings. The Morgan fingerprint density at radius 1 is 1.44 bits per heavy atom. The first-order valence-electron chi connectivity index (χ1n) is 8.16. The summed E-state index contributed by atoms with van der Waals surface area (Å²) >= 11 is 0. The first-order valence-corrected chi connectivity index (χ1v) is 8.16. The predicted molar refractivity (Wildman–Crippen MR) is 88.6 cm³/mol. The van der Waals surface area contributed by atoms with Gasteiger partial charge in [-0.15, -0.1) is 0 Å². The maximum atomic E-state index is 12.5. The van der Waals surface area contributed by atoms with Gasteiger partial charge in [0.15, 0.2) is 0 Å². The fourth-order valence-corrected chi connectivity index (χ4v) is 3.07. The van der Waals surface area contributed by atoms with Crippen LogP contribution in [0.5, 0.6) is 0 Å². The summed E-state index contributed by atoms with van der Waals surface area (Å²) in [5, 5.41) is 13.8. The number of esters is 1. The number of amides is 2. The number of carbonyl (C=O) groups is 2. The molecule has 0 aromatic heterocycles. The van der Waals surface area contributed by atoms with Gasteiger partial charge in [-0.25, -0.2) is 9.59 Å². The molecule has 1 aliphatic carbocycles. The van der Waals surface area contributed by atoms with E-state index in [4.69, 9.17) is 4.74 Å². The molecule has 1 aliphatic heterocycles. The summed E-state index contributed by atoms with van der Waals surface area (Å²) in [7, 11) is 0. The van der Waals surface area contributed by atoms with Gasteiger partial charge in [0, 0.05) is 23.9 Å². The second-order valence-corrected chi connectivity index (χ2v) is 6.06. The molecular weight excluding hydrogens is 326 g/mol. The third-order valence-corrected chi connectivity index (χ3v) is 4.35. The van der Waals surface area contributed by atoms with E-state index in [0.717, 1.165) is 12.8 Å². The molecule has 1 saturated carbocycles. The molecule has 0 unspecified atom stereocenters. The van der Waals surface area contributed by atoms with E-state index in [9.17, 15) is 19.7 Å². The Labute approximate surface area is 144 Å². The van der Waals surface area contributed by atoms with Gasteiger partial charge in [0.2, 0.25) is 0 Å². The number of nitrogens with one attached hydrogen (secondary N) is 1. The molecule has 1 heterocycles. The summed E-state index contributed by atoms with van der Waals surface area (Å²) in [4.78, 5) is 37.1. The highest BCUT2D eigenvalue weighted by Gasteiger charge is 2.42. The highest BCUT2D eigenvalue weighted by molar-refractivity contribution is 5.95. The monoisotopic (exact) mass is 345 g/mol. The van der Waals surface area contributed by atoms with Gasteiger partial charge in [-0.05, 0) is 32.3 Å². The lowest BCUT2D eigenvalue weighted by Gasteiger charge is -2.35. The number of hydrogen-bond donors (Lipinski definition) is 1. The van der Waals surface area contributed by atoms with Crippen LogP contribution in [0, 0.1) is 10.1 Å². The zero-order chi connectivity index (χ0) is 18.1. The maximum Gasteiger partial charge on any atom is 0.338 e. The molecule has 0 bridgehead atoms. The highest BCUT2D eigenvalue weighted by Crippen LogP contribution is 2.38. The lowest BCUT2D eigenvalue weighted by molar-refractivity contribution is -0.384. The van der Waals surface area contributed by atoms with E-state index in [1.807, 2.05) is 0 Å². The topological polar surface area (TPSA) is 102 Å². The molecule has 1 aromatic rings. The normalized spacial score (nSPS) is 20.3. The van der Waals surface area contributed by atoms with Gasteiger partial charge in [-0.3, -0.25) is 15.0 Å². The van der Waals surface area contributed by atoms with Crippen molar-refractivity contribution in [2.45, 2.75) is 38.8 Å². The van der Waals surface area contributed by atoms with Crippen LogP contribution in [0.15, 0.2) is 35.5 Å². The number of hydrogen-bond acceptors (Lipinski definition) is 5. The molecule has 8 heteroatoms. The number of nitro benzene ring substituents is 1. The average molecular weight is 345 g/mol. The zero-order valence-electron chi connectivity index (χ0n) is 14.0. The summed E-state index contributed by atoms with van der Waals surface area (Å²) < 4.78 is 5.16. The largest absolute Gasteiger partial charge is 0.463 e. The molecule has 1 N–H and O–H groups in total. The van der Waals surface area contributed by atoms with E-state index in [0.29, 0.717) is 16.8 Å². The van der Waals surface area contributed by atoms with Gasteiger partial charge in [-0.1, -0.05) is 12.1 Å². The van der Waals surface area contributed by atoms with Crippen LogP contribution in [-0.2, 0) is 9.53 Å². The Bertz CT molecular complexity index is 769. The fraction of sp³-hybridized carbons (Fsp3) is 0.412. The summed E-state index contributed by atoms with van der Waals surface area (Å²) in [6.45, 7) is 3.62. The molecule has 132 valence electrons. The zero-order valence-corrected chi connectivity index (χ0v) is 14.0. The molecular formula is C17H19N3O5. The van der Waals surface area contributed by atoms with Crippen LogP contribution in [0.4, 0.5) is 10.5 Å². The summed E-state index contributed by atoms with van der Waals surface area (Å²) in [6.07, 6.45) is 1.78. The number of allylic oxidation sites excluding steroid dienone is 1. The van der Waals surface area contributed by atoms with E-state index >= 15 is 0 Å². The van der Waals surface area contributed by atoms with Crippen LogP contribution in [0.3, 0.4) is 0 Å². The van der Waals surface area contributed by atoms with Gasteiger partial charge < -0.3 is 10.1 Å². The minimum absolute atomic E-state index is 0.0930. The van der Waals surface area contributed by atoms with Crippen LogP contribution in [-0.4, -0.2) is 34.5 Å². The number of urea groups is 1. The van der Waals surface area contributed by atoms with Crippen LogP contribution in [0.25, 0.3) is 0 Å². The van der Waals surface area contributed by atoms with Crippen LogP contribution in [0.1, 0.15) is 38.3 Å². The van der Waals surface area contributed by atoms with Gasteiger partial charge in [0.1, 0.15) is 0 Å². The standard InChI is InChI=1S/C17H19N3O5/c1-3-25-16(21)14-10(2)19(12-7-8-12)17(22)18-15(14)11-5-4-6-13(9-11)20(23)24/h4-6,9,12,15H,3,7-8H2,1-2H3,(H,18,22)/t15-/m1/s1. The lowest BCUT2D eigenvalue weighted by atomic mass is 9.94. The Morgan fingerprint density at radius 2 is 2.16 bits per heavy atom. The second-order valence-electron chi connectivity index (χ2n) is 6.06. The van der Waals surface area contributed by atoms with Crippen molar-refractivity contribution < 1.29 is 19.2 Å². The van der Waals surface area contributed by atoms with Crippen LogP contribution in [0.2, 0.25) is 0 Å².